The number of amides is 1. The number of nitrogens with zero attached hydrogens (tertiary/aromatic N) is 1. The number of fused-ring (bicyclic) bond motifs is 2. The van der Waals surface area contributed by atoms with Crippen molar-refractivity contribution in [1.82, 2.24) is 4.90 Å². The summed E-state index contributed by atoms with van der Waals surface area (Å²) in [6, 6.07) is 7.65. The van der Waals surface area contributed by atoms with Gasteiger partial charge in [0, 0.05) is 17.9 Å². The zero-order chi connectivity index (χ0) is 23.4. The molecule has 0 aliphatic heterocycles. The summed E-state index contributed by atoms with van der Waals surface area (Å²) in [7, 11) is 0. The van der Waals surface area contributed by atoms with Crippen molar-refractivity contribution in [2.75, 3.05) is 31.6 Å². The fourth-order valence-corrected chi connectivity index (χ4v) is 6.21. The van der Waals surface area contributed by atoms with Gasteiger partial charge in [0.2, 0.25) is 0 Å². The van der Waals surface area contributed by atoms with Gasteiger partial charge in [-0.1, -0.05) is 66.5 Å². The third-order valence-corrected chi connectivity index (χ3v) is 8.63. The predicted molar refractivity (Wildman–Crippen MR) is 131 cm³/mol. The third kappa shape index (κ3) is 4.78. The SMILES string of the molecule is CCCCCOc1ccccc1NC(=O)O[C@@H]1[C@H](CN(CC)CC)[C@@H]2CC[C@@]1(C)C2(C)C. The van der Waals surface area contributed by atoms with E-state index in [9.17, 15) is 4.79 Å². The summed E-state index contributed by atoms with van der Waals surface area (Å²) in [4.78, 5) is 15.6. The van der Waals surface area contributed by atoms with Crippen molar-refractivity contribution in [2.24, 2.45) is 22.7 Å². The van der Waals surface area contributed by atoms with Crippen molar-refractivity contribution >= 4 is 11.8 Å². The van der Waals surface area contributed by atoms with E-state index in [1.165, 1.54) is 6.42 Å². The number of carbonyl (C=O) groups excluding carboxylic acids is 1. The Bertz CT molecular complexity index is 761. The second-order valence-corrected chi connectivity index (χ2v) is 10.4. The molecule has 2 bridgehead atoms. The van der Waals surface area contributed by atoms with Crippen molar-refractivity contribution in [1.29, 1.82) is 0 Å². The average molecular weight is 445 g/mol. The highest BCUT2D eigenvalue weighted by Crippen LogP contribution is 2.68. The molecule has 4 atom stereocenters. The molecule has 2 saturated carbocycles. The van der Waals surface area contributed by atoms with Crippen LogP contribution >= 0.6 is 0 Å². The van der Waals surface area contributed by atoms with E-state index < -0.39 is 0 Å². The highest BCUT2D eigenvalue weighted by Gasteiger charge is 2.67. The summed E-state index contributed by atoms with van der Waals surface area (Å²) in [5.74, 6) is 1.66. The van der Waals surface area contributed by atoms with E-state index in [0.29, 0.717) is 29.9 Å². The number of rotatable bonds is 11. The lowest BCUT2D eigenvalue weighted by Crippen LogP contribution is -2.45. The Morgan fingerprint density at radius 1 is 1.12 bits per heavy atom. The molecule has 0 heterocycles. The minimum Gasteiger partial charge on any atom is -0.491 e. The number of hydrogen-bond acceptors (Lipinski definition) is 4. The summed E-state index contributed by atoms with van der Waals surface area (Å²) in [5, 5.41) is 2.98. The van der Waals surface area contributed by atoms with Gasteiger partial charge in [0.25, 0.3) is 0 Å². The monoisotopic (exact) mass is 444 g/mol. The van der Waals surface area contributed by atoms with E-state index in [0.717, 1.165) is 45.3 Å². The fraction of sp³-hybridized carbons (Fsp3) is 0.741. The second-order valence-electron chi connectivity index (χ2n) is 10.4. The van der Waals surface area contributed by atoms with Crippen LogP contribution in [-0.2, 0) is 4.74 Å². The van der Waals surface area contributed by atoms with Crippen molar-refractivity contribution < 1.29 is 14.3 Å². The number of ether oxygens (including phenoxy) is 2. The van der Waals surface area contributed by atoms with Crippen LogP contribution in [0.5, 0.6) is 5.75 Å². The van der Waals surface area contributed by atoms with Gasteiger partial charge < -0.3 is 14.4 Å². The summed E-state index contributed by atoms with van der Waals surface area (Å²) >= 11 is 0. The molecule has 0 saturated heterocycles. The van der Waals surface area contributed by atoms with E-state index in [4.69, 9.17) is 9.47 Å². The molecule has 0 spiro atoms. The molecule has 0 unspecified atom stereocenters. The first-order chi connectivity index (χ1) is 15.3. The smallest absolute Gasteiger partial charge is 0.412 e. The Balaban J connectivity index is 1.72. The lowest BCUT2D eigenvalue weighted by molar-refractivity contribution is -0.0258. The molecule has 5 nitrogen and oxygen atoms in total. The van der Waals surface area contributed by atoms with Crippen LogP contribution in [-0.4, -0.2) is 43.3 Å². The molecule has 180 valence electrons. The first-order valence-electron chi connectivity index (χ1n) is 12.7. The van der Waals surface area contributed by atoms with Crippen LogP contribution in [0.15, 0.2) is 24.3 Å². The molecule has 1 N–H and O–H groups in total. The summed E-state index contributed by atoms with van der Waals surface area (Å²) in [5.41, 5.74) is 0.848. The van der Waals surface area contributed by atoms with Gasteiger partial charge in [-0.2, -0.15) is 0 Å². The van der Waals surface area contributed by atoms with Gasteiger partial charge in [-0.05, 0) is 55.8 Å². The molecule has 3 rings (SSSR count). The largest absolute Gasteiger partial charge is 0.491 e. The zero-order valence-corrected chi connectivity index (χ0v) is 21.1. The van der Waals surface area contributed by atoms with Crippen LogP contribution in [0.25, 0.3) is 0 Å². The highest BCUT2D eigenvalue weighted by atomic mass is 16.6. The summed E-state index contributed by atoms with van der Waals surface area (Å²) < 4.78 is 12.2. The molecule has 2 aliphatic rings. The Kier molecular flexibility index (Phi) is 8.13. The molecule has 2 fully saturated rings. The van der Waals surface area contributed by atoms with Gasteiger partial charge in [-0.3, -0.25) is 5.32 Å². The van der Waals surface area contributed by atoms with Crippen molar-refractivity contribution in [3.05, 3.63) is 24.3 Å². The quantitative estimate of drug-likeness (QED) is 0.391. The zero-order valence-electron chi connectivity index (χ0n) is 21.1. The van der Waals surface area contributed by atoms with Crippen LogP contribution < -0.4 is 10.1 Å². The number of hydrogen-bond donors (Lipinski definition) is 1. The van der Waals surface area contributed by atoms with Gasteiger partial charge in [-0.25, -0.2) is 4.79 Å². The summed E-state index contributed by atoms with van der Waals surface area (Å²) in [6.45, 7) is 17.4. The Hall–Kier alpha value is -1.75. The summed E-state index contributed by atoms with van der Waals surface area (Å²) in [6.07, 6.45) is 5.21. The number of para-hydroxylation sites is 2. The highest BCUT2D eigenvalue weighted by molar-refractivity contribution is 5.86. The fourth-order valence-electron chi connectivity index (χ4n) is 6.21. The minimum absolute atomic E-state index is 0.00297. The lowest BCUT2D eigenvalue weighted by Gasteiger charge is -2.40. The van der Waals surface area contributed by atoms with Gasteiger partial charge >= 0.3 is 6.09 Å². The molecular weight excluding hydrogens is 400 g/mol. The van der Waals surface area contributed by atoms with E-state index in [2.05, 4.69) is 51.8 Å². The molecule has 0 radical (unpaired) electrons. The molecule has 1 aromatic rings. The van der Waals surface area contributed by atoms with E-state index in [-0.39, 0.29) is 23.0 Å². The van der Waals surface area contributed by atoms with Crippen LogP contribution in [0.4, 0.5) is 10.5 Å². The standard InChI is InChI=1S/C27H44N2O3/c1-7-10-13-18-31-23-15-12-11-14-22(23)28-25(30)32-24-20(19-29(8-2)9-3)21-16-17-27(24,6)26(21,4)5/h11-12,14-15,20-21,24H,7-10,13,16-19H2,1-6H3,(H,28,30)/t20-,21+,24-,27-/m1/s1. The maximum absolute atomic E-state index is 13.1. The van der Waals surface area contributed by atoms with Crippen LogP contribution in [0, 0.1) is 22.7 Å². The van der Waals surface area contributed by atoms with Crippen molar-refractivity contribution in [3.63, 3.8) is 0 Å². The topological polar surface area (TPSA) is 50.8 Å². The number of nitrogens with one attached hydrogen (secondary N) is 1. The predicted octanol–water partition coefficient (Wildman–Crippen LogP) is 6.59. The Morgan fingerprint density at radius 2 is 1.84 bits per heavy atom. The van der Waals surface area contributed by atoms with Gasteiger partial charge in [0.1, 0.15) is 11.9 Å². The Morgan fingerprint density at radius 3 is 2.53 bits per heavy atom. The first kappa shape index (κ1) is 24.9. The number of benzene rings is 1. The second kappa shape index (κ2) is 10.5. The molecule has 0 aromatic heterocycles. The molecule has 2 aliphatic carbocycles. The maximum Gasteiger partial charge on any atom is 0.412 e. The van der Waals surface area contributed by atoms with Crippen molar-refractivity contribution in [2.45, 2.75) is 79.8 Å². The normalized spacial score (nSPS) is 28.2. The van der Waals surface area contributed by atoms with Crippen LogP contribution in [0.2, 0.25) is 0 Å². The number of carbonyl (C=O) groups is 1. The van der Waals surface area contributed by atoms with E-state index in [1.807, 2.05) is 24.3 Å². The molecule has 32 heavy (non-hydrogen) atoms. The van der Waals surface area contributed by atoms with Gasteiger partial charge in [-0.15, -0.1) is 0 Å². The van der Waals surface area contributed by atoms with Crippen LogP contribution in [0.1, 0.15) is 73.6 Å². The average Bonchev–Trinajstić information content (AvgIpc) is 3.09. The number of anilines is 1. The van der Waals surface area contributed by atoms with Crippen LogP contribution in [0.3, 0.4) is 0 Å². The molecule has 5 heteroatoms. The maximum atomic E-state index is 13.1. The van der Waals surface area contributed by atoms with Gasteiger partial charge in [0.15, 0.2) is 0 Å². The molecule has 1 amide bonds. The van der Waals surface area contributed by atoms with E-state index in [1.54, 1.807) is 0 Å². The lowest BCUT2D eigenvalue weighted by atomic mass is 9.70. The van der Waals surface area contributed by atoms with E-state index >= 15 is 0 Å². The molecular formula is C27H44N2O3. The van der Waals surface area contributed by atoms with Crippen molar-refractivity contribution in [3.8, 4) is 5.75 Å². The Labute approximate surface area is 195 Å². The van der Waals surface area contributed by atoms with Gasteiger partial charge in [0.05, 0.1) is 12.3 Å². The molecule has 1 aromatic carbocycles. The minimum atomic E-state index is -0.367. The first-order valence-corrected chi connectivity index (χ1v) is 12.7. The number of unbranched alkanes of at least 4 members (excludes halogenated alkanes) is 2. The third-order valence-electron chi connectivity index (χ3n) is 8.63.